The van der Waals surface area contributed by atoms with Gasteiger partial charge in [0.1, 0.15) is 0 Å². The molecule has 16 heavy (non-hydrogen) atoms. The molecule has 0 saturated carbocycles. The highest BCUT2D eigenvalue weighted by Gasteiger charge is 2.14. The van der Waals surface area contributed by atoms with E-state index >= 15 is 0 Å². The maximum atomic E-state index is 11.4. The lowest BCUT2D eigenvalue weighted by atomic mass is 9.98. The number of nitrogens with one attached hydrogen (secondary N) is 1. The SMILES string of the molecule is CCC(=N)c1ccc(C(=O)OC)c(C)c1N. The van der Waals surface area contributed by atoms with E-state index in [2.05, 4.69) is 4.74 Å². The van der Waals surface area contributed by atoms with Crippen molar-refractivity contribution in [1.82, 2.24) is 0 Å². The lowest BCUT2D eigenvalue weighted by Gasteiger charge is -2.11. The average Bonchev–Trinajstić information content (AvgIpc) is 2.30. The predicted octanol–water partition coefficient (Wildman–Crippen LogP) is 2.14. The van der Waals surface area contributed by atoms with E-state index in [0.29, 0.717) is 34.5 Å². The first-order valence-electron chi connectivity index (χ1n) is 5.08. The molecule has 0 aromatic heterocycles. The summed E-state index contributed by atoms with van der Waals surface area (Å²) in [6.45, 7) is 3.65. The molecule has 1 aromatic carbocycles. The number of carbonyl (C=O) groups excluding carboxylic acids is 1. The van der Waals surface area contributed by atoms with E-state index in [1.807, 2.05) is 6.92 Å². The van der Waals surface area contributed by atoms with E-state index in [-0.39, 0.29) is 0 Å². The number of rotatable bonds is 3. The summed E-state index contributed by atoms with van der Waals surface area (Å²) in [4.78, 5) is 11.4. The predicted molar refractivity (Wildman–Crippen MR) is 64.1 cm³/mol. The van der Waals surface area contributed by atoms with Crippen molar-refractivity contribution in [2.24, 2.45) is 0 Å². The Kier molecular flexibility index (Phi) is 3.66. The van der Waals surface area contributed by atoms with E-state index in [0.717, 1.165) is 0 Å². The molecular formula is C12H16N2O2. The zero-order valence-electron chi connectivity index (χ0n) is 9.76. The number of anilines is 1. The molecule has 0 aliphatic carbocycles. The summed E-state index contributed by atoms with van der Waals surface area (Å²) in [6, 6.07) is 3.34. The molecule has 1 aromatic rings. The summed E-state index contributed by atoms with van der Waals surface area (Å²) in [5.74, 6) is -0.404. The third-order valence-corrected chi connectivity index (χ3v) is 2.60. The molecule has 0 spiro atoms. The van der Waals surface area contributed by atoms with Gasteiger partial charge in [-0.2, -0.15) is 0 Å². The minimum absolute atomic E-state index is 0.404. The molecule has 0 radical (unpaired) electrons. The molecule has 4 nitrogen and oxygen atoms in total. The second-order valence-corrected chi connectivity index (χ2v) is 3.52. The molecule has 0 atom stereocenters. The van der Waals surface area contributed by atoms with Crippen LogP contribution in [0.1, 0.15) is 34.8 Å². The Morgan fingerprint density at radius 1 is 1.44 bits per heavy atom. The van der Waals surface area contributed by atoms with Crippen LogP contribution in [0.3, 0.4) is 0 Å². The third-order valence-electron chi connectivity index (χ3n) is 2.60. The fraction of sp³-hybridized carbons (Fsp3) is 0.333. The molecule has 4 heteroatoms. The van der Waals surface area contributed by atoms with Gasteiger partial charge in [-0.3, -0.25) is 0 Å². The molecule has 0 unspecified atom stereocenters. The van der Waals surface area contributed by atoms with Crippen LogP contribution in [0, 0.1) is 12.3 Å². The van der Waals surface area contributed by atoms with Gasteiger partial charge in [0.25, 0.3) is 0 Å². The third kappa shape index (κ3) is 2.05. The fourth-order valence-electron chi connectivity index (χ4n) is 1.51. The highest BCUT2D eigenvalue weighted by atomic mass is 16.5. The second kappa shape index (κ2) is 4.79. The van der Waals surface area contributed by atoms with Crippen molar-refractivity contribution in [2.45, 2.75) is 20.3 Å². The Bertz CT molecular complexity index is 398. The van der Waals surface area contributed by atoms with Gasteiger partial charge in [0.15, 0.2) is 0 Å². The minimum Gasteiger partial charge on any atom is -0.465 e. The maximum absolute atomic E-state index is 11.4. The van der Waals surface area contributed by atoms with E-state index in [1.165, 1.54) is 7.11 Å². The van der Waals surface area contributed by atoms with E-state index in [1.54, 1.807) is 19.1 Å². The van der Waals surface area contributed by atoms with Crippen LogP contribution in [0.2, 0.25) is 0 Å². The van der Waals surface area contributed by atoms with Crippen molar-refractivity contribution in [3.63, 3.8) is 0 Å². The number of ether oxygens (including phenoxy) is 1. The number of methoxy groups -OCH3 is 1. The highest BCUT2D eigenvalue weighted by molar-refractivity contribution is 6.05. The van der Waals surface area contributed by atoms with Gasteiger partial charge in [-0.25, -0.2) is 4.79 Å². The van der Waals surface area contributed by atoms with Crippen LogP contribution in [0.4, 0.5) is 5.69 Å². The molecule has 0 saturated heterocycles. The monoisotopic (exact) mass is 220 g/mol. The largest absolute Gasteiger partial charge is 0.465 e. The summed E-state index contributed by atoms with van der Waals surface area (Å²) in [5.41, 5.74) is 8.66. The quantitative estimate of drug-likeness (QED) is 0.465. The van der Waals surface area contributed by atoms with Crippen LogP contribution < -0.4 is 5.73 Å². The van der Waals surface area contributed by atoms with E-state index < -0.39 is 5.97 Å². The summed E-state index contributed by atoms with van der Waals surface area (Å²) >= 11 is 0. The normalized spacial score (nSPS) is 9.94. The van der Waals surface area contributed by atoms with E-state index in [4.69, 9.17) is 11.1 Å². The Hall–Kier alpha value is -1.84. The lowest BCUT2D eigenvalue weighted by molar-refractivity contribution is 0.0600. The van der Waals surface area contributed by atoms with Crippen LogP contribution in [0.5, 0.6) is 0 Å². The average molecular weight is 220 g/mol. The maximum Gasteiger partial charge on any atom is 0.338 e. The first-order chi connectivity index (χ1) is 7.52. The molecule has 0 aliphatic rings. The zero-order valence-corrected chi connectivity index (χ0v) is 9.76. The smallest absolute Gasteiger partial charge is 0.338 e. The standard InChI is InChI=1S/C12H16N2O2/c1-4-10(13)9-6-5-8(12(15)16-3)7(2)11(9)14/h5-6,13H,4,14H2,1-3H3. The molecule has 0 fully saturated rings. The number of carbonyl (C=O) groups is 1. The van der Waals surface area contributed by atoms with Gasteiger partial charge in [0.05, 0.1) is 12.7 Å². The van der Waals surface area contributed by atoms with Crippen molar-refractivity contribution in [3.8, 4) is 0 Å². The number of hydrogen-bond acceptors (Lipinski definition) is 4. The molecule has 0 heterocycles. The van der Waals surface area contributed by atoms with Gasteiger partial charge in [0, 0.05) is 17.0 Å². The van der Waals surface area contributed by atoms with Crippen molar-refractivity contribution < 1.29 is 9.53 Å². The Balaban J connectivity index is 3.28. The first kappa shape index (κ1) is 12.2. The Morgan fingerprint density at radius 2 is 2.00 bits per heavy atom. The van der Waals surface area contributed by atoms with Gasteiger partial charge in [0.2, 0.25) is 0 Å². The lowest BCUT2D eigenvalue weighted by Crippen LogP contribution is -2.10. The summed E-state index contributed by atoms with van der Waals surface area (Å²) in [6.07, 6.45) is 0.612. The van der Waals surface area contributed by atoms with Gasteiger partial charge in [-0.1, -0.05) is 13.0 Å². The van der Waals surface area contributed by atoms with Gasteiger partial charge < -0.3 is 15.9 Å². The molecule has 3 N–H and O–H groups in total. The minimum atomic E-state index is -0.404. The van der Waals surface area contributed by atoms with Gasteiger partial charge >= 0.3 is 5.97 Å². The molecule has 0 bridgehead atoms. The van der Waals surface area contributed by atoms with Crippen molar-refractivity contribution >= 4 is 17.4 Å². The fourth-order valence-corrected chi connectivity index (χ4v) is 1.51. The topological polar surface area (TPSA) is 76.2 Å². The van der Waals surface area contributed by atoms with Gasteiger partial charge in [-0.15, -0.1) is 0 Å². The molecular weight excluding hydrogens is 204 g/mol. The number of benzene rings is 1. The van der Waals surface area contributed by atoms with Gasteiger partial charge in [-0.05, 0) is 25.0 Å². The summed E-state index contributed by atoms with van der Waals surface area (Å²) < 4.78 is 4.65. The number of nitrogens with two attached hydrogens (primary N) is 1. The second-order valence-electron chi connectivity index (χ2n) is 3.52. The van der Waals surface area contributed by atoms with Crippen LogP contribution in [-0.4, -0.2) is 18.8 Å². The zero-order chi connectivity index (χ0) is 12.3. The number of hydrogen-bond donors (Lipinski definition) is 2. The number of nitrogen functional groups attached to an aromatic ring is 1. The summed E-state index contributed by atoms with van der Waals surface area (Å²) in [5, 5.41) is 7.74. The van der Waals surface area contributed by atoms with Crippen molar-refractivity contribution in [1.29, 1.82) is 5.41 Å². The molecule has 0 aliphatic heterocycles. The highest BCUT2D eigenvalue weighted by Crippen LogP contribution is 2.22. The molecule has 1 rings (SSSR count). The van der Waals surface area contributed by atoms with Crippen LogP contribution in [0.25, 0.3) is 0 Å². The van der Waals surface area contributed by atoms with E-state index in [9.17, 15) is 4.79 Å². The Morgan fingerprint density at radius 3 is 2.50 bits per heavy atom. The number of esters is 1. The summed E-state index contributed by atoms with van der Waals surface area (Å²) in [7, 11) is 1.33. The van der Waals surface area contributed by atoms with Crippen LogP contribution >= 0.6 is 0 Å². The molecule has 86 valence electrons. The van der Waals surface area contributed by atoms with Crippen molar-refractivity contribution in [3.05, 3.63) is 28.8 Å². The van der Waals surface area contributed by atoms with Crippen molar-refractivity contribution in [2.75, 3.05) is 12.8 Å². The molecule has 0 amide bonds. The van der Waals surface area contributed by atoms with Crippen LogP contribution in [0.15, 0.2) is 12.1 Å². The Labute approximate surface area is 94.9 Å². The first-order valence-corrected chi connectivity index (χ1v) is 5.08. The van der Waals surface area contributed by atoms with Crippen LogP contribution in [-0.2, 0) is 4.74 Å².